The van der Waals surface area contributed by atoms with Gasteiger partial charge in [0, 0.05) is 35.0 Å². The molecule has 0 aliphatic carbocycles. The summed E-state index contributed by atoms with van der Waals surface area (Å²) >= 11 is 0. The Labute approximate surface area is 232 Å². The van der Waals surface area contributed by atoms with Gasteiger partial charge in [0.05, 0.1) is 35.1 Å². The van der Waals surface area contributed by atoms with E-state index < -0.39 is 23.6 Å². The molecule has 1 aromatic carbocycles. The Balaban J connectivity index is 1.57. The van der Waals surface area contributed by atoms with E-state index in [2.05, 4.69) is 0 Å². The van der Waals surface area contributed by atoms with Gasteiger partial charge in [-0.05, 0) is 64.5 Å². The highest BCUT2D eigenvalue weighted by atomic mass is 16.6. The molecule has 0 saturated carbocycles. The Bertz CT molecular complexity index is 1560. The molecule has 4 heterocycles. The number of pyridine rings is 2. The monoisotopic (exact) mass is 549 g/mol. The van der Waals surface area contributed by atoms with Crippen molar-refractivity contribution in [3.63, 3.8) is 0 Å². The van der Waals surface area contributed by atoms with Gasteiger partial charge in [-0.25, -0.2) is 9.78 Å². The minimum atomic E-state index is -1.73. The molecule has 0 saturated heterocycles. The molecule has 10 heteroatoms. The van der Waals surface area contributed by atoms with Crippen LogP contribution in [0, 0.1) is 0 Å². The van der Waals surface area contributed by atoms with Crippen molar-refractivity contribution in [1.82, 2.24) is 14.5 Å². The topological polar surface area (TPSA) is 131 Å². The molecule has 10 nitrogen and oxygen atoms in total. The predicted molar refractivity (Wildman–Crippen MR) is 148 cm³/mol. The van der Waals surface area contributed by atoms with Crippen molar-refractivity contribution in [3.8, 4) is 17.1 Å². The van der Waals surface area contributed by atoms with E-state index in [9.17, 15) is 24.6 Å². The number of rotatable bonds is 9. The minimum absolute atomic E-state index is 0.0828. The number of hydrogen-bond donors (Lipinski definition) is 2. The van der Waals surface area contributed by atoms with Crippen molar-refractivity contribution >= 4 is 22.8 Å². The van der Waals surface area contributed by atoms with Gasteiger partial charge in [0.1, 0.15) is 12.4 Å². The fraction of sp³-hybridized carbons (Fsp3) is 0.467. The Morgan fingerprint density at radius 1 is 1.25 bits per heavy atom. The highest BCUT2D eigenvalue weighted by Crippen LogP contribution is 2.41. The maximum absolute atomic E-state index is 13.7. The molecule has 0 radical (unpaired) electrons. The third-order valence-corrected chi connectivity index (χ3v) is 7.76. The van der Waals surface area contributed by atoms with Crippen LogP contribution in [-0.4, -0.2) is 56.8 Å². The number of cyclic esters (lactones) is 1. The molecule has 2 aromatic heterocycles. The summed E-state index contributed by atoms with van der Waals surface area (Å²) in [5, 5.41) is 20.8. The van der Waals surface area contributed by atoms with Crippen LogP contribution in [0.2, 0.25) is 0 Å². The Kier molecular flexibility index (Phi) is 7.41. The average molecular weight is 550 g/mol. The number of ether oxygens (including phenoxy) is 2. The lowest BCUT2D eigenvalue weighted by atomic mass is 9.85. The van der Waals surface area contributed by atoms with Gasteiger partial charge in [0.25, 0.3) is 5.56 Å². The molecule has 0 bridgehead atoms. The summed E-state index contributed by atoms with van der Waals surface area (Å²) in [5.41, 5.74) is 2.00. The van der Waals surface area contributed by atoms with E-state index in [-0.39, 0.29) is 42.9 Å². The lowest BCUT2D eigenvalue weighted by Gasteiger charge is -2.35. The highest BCUT2D eigenvalue weighted by Gasteiger charge is 2.50. The lowest BCUT2D eigenvalue weighted by molar-refractivity contribution is -0.189. The number of carbonyl (C=O) groups is 2. The molecule has 2 atom stereocenters. The van der Waals surface area contributed by atoms with Gasteiger partial charge < -0.3 is 29.2 Å². The van der Waals surface area contributed by atoms with Crippen molar-refractivity contribution in [3.05, 3.63) is 56.9 Å². The maximum atomic E-state index is 13.7. The summed E-state index contributed by atoms with van der Waals surface area (Å²) in [6, 6.07) is 7.07. The van der Waals surface area contributed by atoms with Crippen LogP contribution in [0.3, 0.4) is 0 Å². The molecule has 0 fully saturated rings. The molecular weight excluding hydrogens is 514 g/mol. The van der Waals surface area contributed by atoms with Crippen LogP contribution < -0.4 is 5.56 Å². The smallest absolute Gasteiger partial charge is 0.355 e. The molecule has 0 amide bonds. The van der Waals surface area contributed by atoms with Crippen LogP contribution in [-0.2, 0) is 44.4 Å². The van der Waals surface area contributed by atoms with E-state index in [1.165, 1.54) is 0 Å². The number of carbonyl (C=O) groups excluding carboxylic acids is 2. The third kappa shape index (κ3) is 4.75. The summed E-state index contributed by atoms with van der Waals surface area (Å²) in [6.07, 6.45) is 1.45. The molecule has 2 aliphatic rings. The van der Waals surface area contributed by atoms with E-state index in [1.807, 2.05) is 25.1 Å². The fourth-order valence-electron chi connectivity index (χ4n) is 5.69. The van der Waals surface area contributed by atoms with Crippen LogP contribution in [0.4, 0.5) is 0 Å². The number of esters is 2. The first kappa shape index (κ1) is 27.8. The fourth-order valence-corrected chi connectivity index (χ4v) is 5.69. The van der Waals surface area contributed by atoms with Gasteiger partial charge >= 0.3 is 11.9 Å². The number of phenols is 1. The Morgan fingerprint density at radius 2 is 2.02 bits per heavy atom. The first-order valence-corrected chi connectivity index (χ1v) is 13.7. The van der Waals surface area contributed by atoms with Crippen LogP contribution in [0.1, 0.15) is 68.2 Å². The zero-order chi connectivity index (χ0) is 28.8. The predicted octanol–water partition coefficient (Wildman–Crippen LogP) is 3.34. The lowest BCUT2D eigenvalue weighted by Crippen LogP contribution is -2.47. The van der Waals surface area contributed by atoms with E-state index in [0.717, 1.165) is 16.5 Å². The summed E-state index contributed by atoms with van der Waals surface area (Å²) in [6.45, 7) is 4.02. The molecule has 5 rings (SSSR count). The summed E-state index contributed by atoms with van der Waals surface area (Å²) < 4.78 is 12.9. The van der Waals surface area contributed by atoms with Crippen molar-refractivity contribution in [2.45, 2.75) is 77.4 Å². The molecular formula is C30H35N3O7. The van der Waals surface area contributed by atoms with Gasteiger partial charge in [-0.2, -0.15) is 0 Å². The number of aromatic hydroxyl groups is 1. The number of aliphatic hydroxyl groups is 1. The zero-order valence-corrected chi connectivity index (χ0v) is 23.3. The molecule has 2 N–H and O–H groups in total. The average Bonchev–Trinajstić information content (AvgIpc) is 3.27. The summed E-state index contributed by atoms with van der Waals surface area (Å²) in [4.78, 5) is 46.6. The van der Waals surface area contributed by atoms with Crippen molar-refractivity contribution in [2.75, 3.05) is 14.1 Å². The first-order valence-electron chi connectivity index (χ1n) is 13.7. The summed E-state index contributed by atoms with van der Waals surface area (Å²) in [5.74, 6) is -1.07. The van der Waals surface area contributed by atoms with E-state index in [4.69, 9.17) is 14.5 Å². The largest absolute Gasteiger partial charge is 0.508 e. The number of hydrogen-bond acceptors (Lipinski definition) is 9. The first-order chi connectivity index (χ1) is 19.1. The van der Waals surface area contributed by atoms with Crippen LogP contribution in [0.25, 0.3) is 22.3 Å². The van der Waals surface area contributed by atoms with Gasteiger partial charge in [-0.1, -0.05) is 13.3 Å². The number of unbranched alkanes of at least 4 members (excludes halogenated alkanes) is 1. The number of aromatic nitrogens is 2. The third-order valence-electron chi connectivity index (χ3n) is 7.76. The molecule has 2 unspecified atom stereocenters. The number of phenolic OH excluding ortho intramolecular Hbond substituents is 1. The highest BCUT2D eigenvalue weighted by molar-refractivity contribution is 5.90. The standard InChI is InChI=1S/C30H35N3O7/c1-5-30(40-26(36)9-7-6-8-17(2)34)22-13-24-27-18(14-33(24)28(37)21(22)16-39-29(30)38)12-19-20(15-32(3)4)25(35)11-10-23(19)31-27/h10-13,17,34-35H,5-9,14-16H2,1-4H3. The van der Waals surface area contributed by atoms with E-state index in [0.29, 0.717) is 48.3 Å². The number of nitrogens with zero attached hydrogens (tertiary/aromatic N) is 3. The number of aliphatic hydroxyl groups excluding tert-OH is 1. The van der Waals surface area contributed by atoms with Crippen LogP contribution in [0.15, 0.2) is 29.1 Å². The quantitative estimate of drug-likeness (QED) is 0.238. The van der Waals surface area contributed by atoms with Crippen molar-refractivity contribution in [1.29, 1.82) is 0 Å². The molecule has 2 aliphatic heterocycles. The minimum Gasteiger partial charge on any atom is -0.508 e. The molecule has 212 valence electrons. The molecule has 3 aromatic rings. The second kappa shape index (κ2) is 10.7. The second-order valence-corrected chi connectivity index (χ2v) is 11.0. The van der Waals surface area contributed by atoms with Crippen LogP contribution >= 0.6 is 0 Å². The second-order valence-electron chi connectivity index (χ2n) is 11.0. The SMILES string of the molecule is CCC1(OC(=O)CCCCC(C)O)C(=O)OCc2c1cc1n(c2=O)Cc2cc3c(CN(C)C)c(O)ccc3nc2-1. The maximum Gasteiger partial charge on any atom is 0.355 e. The zero-order valence-electron chi connectivity index (χ0n) is 23.3. The Morgan fingerprint density at radius 3 is 2.73 bits per heavy atom. The normalized spacial score (nSPS) is 18.3. The molecule has 40 heavy (non-hydrogen) atoms. The Hall–Kier alpha value is -3.76. The van der Waals surface area contributed by atoms with E-state index >= 15 is 0 Å². The summed E-state index contributed by atoms with van der Waals surface area (Å²) in [7, 11) is 3.84. The molecule has 0 spiro atoms. The number of fused-ring (bicyclic) bond motifs is 5. The van der Waals surface area contributed by atoms with Crippen molar-refractivity contribution in [2.24, 2.45) is 0 Å². The van der Waals surface area contributed by atoms with Crippen LogP contribution in [0.5, 0.6) is 5.75 Å². The van der Waals surface area contributed by atoms with Gasteiger partial charge in [0.2, 0.25) is 5.60 Å². The van der Waals surface area contributed by atoms with Gasteiger partial charge in [0.15, 0.2) is 0 Å². The van der Waals surface area contributed by atoms with E-state index in [1.54, 1.807) is 36.6 Å². The van der Waals surface area contributed by atoms with Gasteiger partial charge in [-0.15, -0.1) is 0 Å². The van der Waals surface area contributed by atoms with Gasteiger partial charge in [-0.3, -0.25) is 9.59 Å². The van der Waals surface area contributed by atoms with Crippen molar-refractivity contribution < 1.29 is 29.3 Å². The number of benzene rings is 1.